The summed E-state index contributed by atoms with van der Waals surface area (Å²) in [6, 6.07) is 15.5. The van der Waals surface area contributed by atoms with Gasteiger partial charge in [-0.05, 0) is 49.8 Å². The van der Waals surface area contributed by atoms with Crippen LogP contribution in [0.4, 0.5) is 4.39 Å². The predicted molar refractivity (Wildman–Crippen MR) is 124 cm³/mol. The molecule has 1 fully saturated rings. The van der Waals surface area contributed by atoms with Crippen LogP contribution in [0.3, 0.4) is 0 Å². The van der Waals surface area contributed by atoms with Gasteiger partial charge in [-0.15, -0.1) is 0 Å². The zero-order chi connectivity index (χ0) is 22.2. The molecule has 1 saturated heterocycles. The van der Waals surface area contributed by atoms with Crippen molar-refractivity contribution in [2.45, 2.75) is 63.3 Å². The van der Waals surface area contributed by atoms with Crippen molar-refractivity contribution in [3.63, 3.8) is 0 Å². The smallest absolute Gasteiger partial charge is 0.128 e. The molecule has 31 heavy (non-hydrogen) atoms. The number of aliphatic hydroxyl groups excluding tert-OH is 1. The Morgan fingerprint density at radius 3 is 2.68 bits per heavy atom. The fraction of sp³-hybridized carbons (Fsp3) is 0.520. The first-order chi connectivity index (χ1) is 15.0. The van der Waals surface area contributed by atoms with Gasteiger partial charge in [0, 0.05) is 37.3 Å². The van der Waals surface area contributed by atoms with E-state index in [1.807, 2.05) is 46.8 Å². The molecule has 1 aliphatic rings. The Morgan fingerprint density at radius 2 is 2.00 bits per heavy atom. The zero-order valence-corrected chi connectivity index (χ0v) is 19.3. The van der Waals surface area contributed by atoms with E-state index in [1.165, 1.54) is 0 Å². The second-order valence-electron chi connectivity index (χ2n) is 8.29. The van der Waals surface area contributed by atoms with Gasteiger partial charge in [-0.3, -0.25) is 0 Å². The Balaban J connectivity index is 1.70. The van der Waals surface area contributed by atoms with Crippen LogP contribution in [-0.2, 0) is 22.3 Å². The lowest BCUT2D eigenvalue weighted by Crippen LogP contribution is -2.41. The normalized spacial score (nSPS) is 23.0. The van der Waals surface area contributed by atoms with E-state index in [1.54, 1.807) is 6.07 Å². The van der Waals surface area contributed by atoms with Crippen LogP contribution in [0.15, 0.2) is 48.5 Å². The van der Waals surface area contributed by atoms with Gasteiger partial charge in [0.2, 0.25) is 0 Å². The summed E-state index contributed by atoms with van der Waals surface area (Å²) < 4.78 is 35.9. The van der Waals surface area contributed by atoms with Crippen LogP contribution in [0.5, 0.6) is 0 Å². The van der Waals surface area contributed by atoms with Crippen molar-refractivity contribution in [1.82, 2.24) is 4.31 Å². The van der Waals surface area contributed by atoms with Crippen molar-refractivity contribution in [1.29, 1.82) is 0 Å². The number of aliphatic hydroxyl groups is 1. The minimum atomic E-state index is -1.20. The summed E-state index contributed by atoms with van der Waals surface area (Å²) >= 11 is 0. The Kier molecular flexibility index (Phi) is 9.20. The molecule has 3 rings (SSSR count). The largest absolute Gasteiger partial charge is 0.396 e. The quantitative estimate of drug-likeness (QED) is 0.515. The van der Waals surface area contributed by atoms with E-state index in [0.29, 0.717) is 31.7 Å². The highest BCUT2D eigenvalue weighted by Crippen LogP contribution is 2.35. The molecule has 6 heteroatoms. The van der Waals surface area contributed by atoms with Crippen molar-refractivity contribution in [2.24, 2.45) is 0 Å². The first kappa shape index (κ1) is 24.1. The molecule has 0 aromatic heterocycles. The Hall–Kier alpha value is -1.60. The van der Waals surface area contributed by atoms with Gasteiger partial charge in [-0.25, -0.2) is 12.9 Å². The SMILES string of the molecule is CCC(COCCCO)c1ccc(CN2[C@@H](C)CC[C@H](c3ccccc3)S2=O)c(F)c1. The fourth-order valence-corrected chi connectivity index (χ4v) is 5.88. The van der Waals surface area contributed by atoms with Gasteiger partial charge in [0.05, 0.1) is 11.9 Å². The molecule has 0 saturated carbocycles. The minimum absolute atomic E-state index is 0.0414. The summed E-state index contributed by atoms with van der Waals surface area (Å²) in [6.45, 7) is 5.61. The van der Waals surface area contributed by atoms with Crippen molar-refractivity contribution >= 4 is 11.0 Å². The molecule has 170 valence electrons. The van der Waals surface area contributed by atoms with Gasteiger partial charge < -0.3 is 9.84 Å². The number of halogens is 1. The summed E-state index contributed by atoms with van der Waals surface area (Å²) in [4.78, 5) is 0. The van der Waals surface area contributed by atoms with E-state index in [0.717, 1.165) is 30.4 Å². The zero-order valence-electron chi connectivity index (χ0n) is 18.5. The molecule has 2 aromatic carbocycles. The minimum Gasteiger partial charge on any atom is -0.396 e. The average Bonchev–Trinajstić information content (AvgIpc) is 2.78. The molecular weight excluding hydrogens is 413 g/mol. The van der Waals surface area contributed by atoms with Crippen LogP contribution in [0.1, 0.15) is 67.4 Å². The van der Waals surface area contributed by atoms with E-state index in [2.05, 4.69) is 13.8 Å². The summed E-state index contributed by atoms with van der Waals surface area (Å²) in [5.74, 6) is -0.134. The highest BCUT2D eigenvalue weighted by Gasteiger charge is 2.34. The Bertz CT molecular complexity index is 848. The van der Waals surface area contributed by atoms with E-state index in [4.69, 9.17) is 9.84 Å². The lowest BCUT2D eigenvalue weighted by atomic mass is 9.96. The number of hydrogen-bond acceptors (Lipinski definition) is 3. The summed E-state index contributed by atoms with van der Waals surface area (Å²) in [6.07, 6.45) is 3.28. The van der Waals surface area contributed by atoms with Gasteiger partial charge in [0.1, 0.15) is 16.8 Å². The summed E-state index contributed by atoms with van der Waals surface area (Å²) in [5, 5.41) is 8.83. The van der Waals surface area contributed by atoms with Crippen LogP contribution < -0.4 is 0 Å². The van der Waals surface area contributed by atoms with Crippen LogP contribution in [0, 0.1) is 5.82 Å². The van der Waals surface area contributed by atoms with E-state index >= 15 is 4.39 Å². The monoisotopic (exact) mass is 447 g/mol. The van der Waals surface area contributed by atoms with Gasteiger partial charge in [0.15, 0.2) is 0 Å². The average molecular weight is 448 g/mol. The third kappa shape index (κ3) is 6.22. The highest BCUT2D eigenvalue weighted by molar-refractivity contribution is 7.83. The van der Waals surface area contributed by atoms with E-state index in [-0.39, 0.29) is 29.6 Å². The molecule has 1 aliphatic heterocycles. The van der Waals surface area contributed by atoms with Gasteiger partial charge in [-0.2, -0.15) is 0 Å². The van der Waals surface area contributed by atoms with E-state index in [9.17, 15) is 4.21 Å². The second kappa shape index (κ2) is 11.9. The number of ether oxygens (including phenoxy) is 1. The lowest BCUT2D eigenvalue weighted by molar-refractivity contribution is 0.103. The fourth-order valence-electron chi connectivity index (χ4n) is 4.10. The molecule has 2 aromatic rings. The molecule has 0 aliphatic carbocycles. The topological polar surface area (TPSA) is 49.8 Å². The molecule has 1 heterocycles. The lowest BCUT2D eigenvalue weighted by Gasteiger charge is -2.37. The van der Waals surface area contributed by atoms with Crippen LogP contribution >= 0.6 is 0 Å². The van der Waals surface area contributed by atoms with Crippen LogP contribution in [0.2, 0.25) is 0 Å². The first-order valence-corrected chi connectivity index (χ1v) is 12.4. The Labute approximate surface area is 188 Å². The maximum absolute atomic E-state index is 15.0. The number of nitrogens with zero attached hydrogens (tertiary/aromatic N) is 1. The molecule has 4 nitrogen and oxygen atoms in total. The van der Waals surface area contributed by atoms with Gasteiger partial charge in [-0.1, -0.05) is 49.4 Å². The second-order valence-corrected chi connectivity index (χ2v) is 9.88. The third-order valence-electron chi connectivity index (χ3n) is 6.12. The molecule has 0 radical (unpaired) electrons. The number of rotatable bonds is 10. The number of hydrogen-bond donors (Lipinski definition) is 1. The Morgan fingerprint density at radius 1 is 1.23 bits per heavy atom. The predicted octanol–water partition coefficient (Wildman–Crippen LogP) is 5.11. The van der Waals surface area contributed by atoms with Crippen molar-refractivity contribution < 1.29 is 18.4 Å². The standard InChI is InChI=1S/C25H34FNO3S/c1-3-20(18-30-15-7-14-28)22-11-12-23(24(26)16-22)17-27-19(2)10-13-25(31(27)29)21-8-5-4-6-9-21/h4-6,8-9,11-12,16,19-20,25,28H,3,7,10,13-15,17-18H2,1-2H3/t19-,20?,25+,31?/m0/s1. The molecule has 1 N–H and O–H groups in total. The van der Waals surface area contributed by atoms with Crippen LogP contribution in [-0.4, -0.2) is 39.5 Å². The van der Waals surface area contributed by atoms with Gasteiger partial charge >= 0.3 is 0 Å². The molecule has 2 unspecified atom stereocenters. The maximum Gasteiger partial charge on any atom is 0.128 e. The maximum atomic E-state index is 15.0. The summed E-state index contributed by atoms with van der Waals surface area (Å²) in [7, 11) is -1.20. The summed E-state index contributed by atoms with van der Waals surface area (Å²) in [5.41, 5.74) is 2.58. The molecule has 0 bridgehead atoms. The molecular formula is C25H34FNO3S. The molecule has 4 atom stereocenters. The molecule has 0 amide bonds. The van der Waals surface area contributed by atoms with Crippen LogP contribution in [0.25, 0.3) is 0 Å². The number of benzene rings is 2. The highest BCUT2D eigenvalue weighted by atomic mass is 32.2. The first-order valence-electron chi connectivity index (χ1n) is 11.2. The van der Waals surface area contributed by atoms with Gasteiger partial charge in [0.25, 0.3) is 0 Å². The third-order valence-corrected chi connectivity index (χ3v) is 8.06. The van der Waals surface area contributed by atoms with Crippen molar-refractivity contribution in [2.75, 3.05) is 19.8 Å². The van der Waals surface area contributed by atoms with Crippen molar-refractivity contribution in [3.05, 3.63) is 71.0 Å². The van der Waals surface area contributed by atoms with Crippen molar-refractivity contribution in [3.8, 4) is 0 Å². The van der Waals surface area contributed by atoms with E-state index < -0.39 is 11.0 Å². The molecule has 0 spiro atoms.